The van der Waals surface area contributed by atoms with Crippen molar-refractivity contribution < 1.29 is 32.2 Å². The van der Waals surface area contributed by atoms with Gasteiger partial charge in [-0.3, -0.25) is 0 Å². The molecule has 1 fully saturated rings. The molecule has 0 spiro atoms. The lowest BCUT2D eigenvalue weighted by Crippen LogP contribution is -2.21. The Morgan fingerprint density at radius 1 is 1.15 bits per heavy atom. The van der Waals surface area contributed by atoms with Gasteiger partial charge in [0.1, 0.15) is 34.6 Å². The van der Waals surface area contributed by atoms with Crippen LogP contribution in [0, 0.1) is 23.4 Å². The van der Waals surface area contributed by atoms with E-state index in [1.165, 1.54) is 0 Å². The molecule has 1 aliphatic rings. The third kappa shape index (κ3) is 4.39. The third-order valence-corrected chi connectivity index (χ3v) is 4.32. The van der Waals surface area contributed by atoms with Crippen molar-refractivity contribution in [1.29, 1.82) is 0 Å². The number of aromatic nitrogens is 1. The summed E-state index contributed by atoms with van der Waals surface area (Å²) in [6, 6.07) is 3.93. The summed E-state index contributed by atoms with van der Waals surface area (Å²) in [4.78, 5) is 15.2. The van der Waals surface area contributed by atoms with Gasteiger partial charge in [0.15, 0.2) is 0 Å². The Morgan fingerprint density at radius 3 is 2.44 bits per heavy atom. The fourth-order valence-electron chi connectivity index (χ4n) is 2.82. The number of carbonyl (C=O) groups is 1. The highest BCUT2D eigenvalue weighted by Gasteiger charge is 2.22. The second kappa shape index (κ2) is 8.39. The average molecular weight is 381 g/mol. The third-order valence-electron chi connectivity index (χ3n) is 4.32. The lowest BCUT2D eigenvalue weighted by Gasteiger charge is -2.22. The van der Waals surface area contributed by atoms with Crippen LogP contribution in [0.2, 0.25) is 0 Å². The maximum atomic E-state index is 14.5. The zero-order valence-corrected chi connectivity index (χ0v) is 14.6. The van der Waals surface area contributed by atoms with E-state index in [1.807, 2.05) is 0 Å². The van der Waals surface area contributed by atoms with E-state index in [0.29, 0.717) is 19.8 Å². The molecule has 0 radical (unpaired) electrons. The van der Waals surface area contributed by atoms with Gasteiger partial charge in [-0.05, 0) is 30.9 Å². The molecule has 0 atom stereocenters. The summed E-state index contributed by atoms with van der Waals surface area (Å²) >= 11 is 0. The molecular weight excluding hydrogens is 363 g/mol. The van der Waals surface area contributed by atoms with Gasteiger partial charge in [-0.1, -0.05) is 0 Å². The van der Waals surface area contributed by atoms with E-state index < -0.39 is 34.7 Å². The fourth-order valence-corrected chi connectivity index (χ4v) is 2.82. The Bertz CT molecular complexity index is 815. The number of esters is 1. The first-order valence-corrected chi connectivity index (χ1v) is 8.44. The van der Waals surface area contributed by atoms with Crippen LogP contribution in [0.5, 0.6) is 5.75 Å². The molecule has 0 unspecified atom stereocenters. The molecule has 1 saturated heterocycles. The van der Waals surface area contributed by atoms with Crippen molar-refractivity contribution in [3.05, 3.63) is 47.4 Å². The minimum atomic E-state index is -1.04. The minimum Gasteiger partial charge on any atom is -0.493 e. The highest BCUT2D eigenvalue weighted by Crippen LogP contribution is 2.31. The summed E-state index contributed by atoms with van der Waals surface area (Å²) in [5, 5.41) is 0. The Balaban J connectivity index is 1.85. The molecule has 5 nitrogen and oxygen atoms in total. The molecule has 144 valence electrons. The Labute approximate surface area is 154 Å². The number of carbonyl (C=O) groups excluding carboxylic acids is 1. The molecule has 1 aromatic heterocycles. The first-order chi connectivity index (χ1) is 13.0. The van der Waals surface area contributed by atoms with Crippen LogP contribution in [0.15, 0.2) is 24.3 Å². The zero-order chi connectivity index (χ0) is 19.4. The average Bonchev–Trinajstić information content (AvgIpc) is 2.67. The Morgan fingerprint density at radius 2 is 1.81 bits per heavy atom. The SMILES string of the molecule is COC(=O)c1ccc(F)c(-c2c(F)cc(OCC3CCOCC3)cc2F)n1. The van der Waals surface area contributed by atoms with Crippen molar-refractivity contribution in [3.63, 3.8) is 0 Å². The molecule has 8 heteroatoms. The summed E-state index contributed by atoms with van der Waals surface area (Å²) in [6.07, 6.45) is 1.64. The quantitative estimate of drug-likeness (QED) is 0.739. The highest BCUT2D eigenvalue weighted by molar-refractivity contribution is 5.87. The molecule has 0 amide bonds. The Hall–Kier alpha value is -2.61. The van der Waals surface area contributed by atoms with E-state index in [0.717, 1.165) is 44.2 Å². The van der Waals surface area contributed by atoms with Gasteiger partial charge in [0.25, 0.3) is 0 Å². The van der Waals surface area contributed by atoms with Gasteiger partial charge in [-0.25, -0.2) is 22.9 Å². The second-order valence-electron chi connectivity index (χ2n) is 6.15. The van der Waals surface area contributed by atoms with Gasteiger partial charge in [-0.2, -0.15) is 0 Å². The molecule has 2 heterocycles. The molecule has 2 aromatic rings. The van der Waals surface area contributed by atoms with Crippen molar-refractivity contribution in [2.75, 3.05) is 26.9 Å². The van der Waals surface area contributed by atoms with Gasteiger partial charge in [0.2, 0.25) is 0 Å². The van der Waals surface area contributed by atoms with Gasteiger partial charge in [0, 0.05) is 25.3 Å². The molecular formula is C19H18F3NO4. The normalized spacial score (nSPS) is 14.8. The van der Waals surface area contributed by atoms with Crippen molar-refractivity contribution in [2.45, 2.75) is 12.8 Å². The summed E-state index contributed by atoms with van der Waals surface area (Å²) < 4.78 is 58.3. The summed E-state index contributed by atoms with van der Waals surface area (Å²) in [5.74, 6) is -3.62. The molecule has 0 aliphatic carbocycles. The summed E-state index contributed by atoms with van der Waals surface area (Å²) in [5.41, 5.74) is -1.53. The highest BCUT2D eigenvalue weighted by atomic mass is 19.1. The number of halogens is 3. The molecule has 0 bridgehead atoms. The molecule has 0 saturated carbocycles. The lowest BCUT2D eigenvalue weighted by molar-refractivity contribution is 0.0496. The van der Waals surface area contributed by atoms with Crippen LogP contribution in [0.3, 0.4) is 0 Å². The number of benzene rings is 1. The molecule has 27 heavy (non-hydrogen) atoms. The van der Waals surface area contributed by atoms with Crippen LogP contribution < -0.4 is 4.74 Å². The number of methoxy groups -OCH3 is 1. The maximum Gasteiger partial charge on any atom is 0.356 e. The number of ether oxygens (including phenoxy) is 3. The van der Waals surface area contributed by atoms with Crippen LogP contribution in [0.25, 0.3) is 11.3 Å². The fraction of sp³-hybridized carbons (Fsp3) is 0.368. The predicted molar refractivity (Wildman–Crippen MR) is 89.9 cm³/mol. The van der Waals surface area contributed by atoms with Crippen LogP contribution in [-0.4, -0.2) is 37.9 Å². The van der Waals surface area contributed by atoms with Gasteiger partial charge in [-0.15, -0.1) is 0 Å². The number of rotatable bonds is 5. The maximum absolute atomic E-state index is 14.5. The summed E-state index contributed by atoms with van der Waals surface area (Å²) in [6.45, 7) is 1.58. The first kappa shape index (κ1) is 19.2. The standard InChI is InChI=1S/C19H18F3NO4/c1-25-19(24)16-3-2-13(20)18(23-16)17-14(21)8-12(9-15(17)22)27-10-11-4-6-26-7-5-11/h2-3,8-9,11H,4-7,10H2,1H3. The molecule has 1 aliphatic heterocycles. The smallest absolute Gasteiger partial charge is 0.356 e. The Kier molecular flexibility index (Phi) is 5.95. The second-order valence-corrected chi connectivity index (χ2v) is 6.15. The summed E-state index contributed by atoms with van der Waals surface area (Å²) in [7, 11) is 1.12. The van der Waals surface area contributed by atoms with Crippen LogP contribution in [0.1, 0.15) is 23.3 Å². The number of hydrogen-bond donors (Lipinski definition) is 0. The molecule has 0 N–H and O–H groups in total. The van der Waals surface area contributed by atoms with E-state index in [9.17, 15) is 18.0 Å². The lowest BCUT2D eigenvalue weighted by atomic mass is 10.0. The van der Waals surface area contributed by atoms with Crippen LogP contribution in [-0.2, 0) is 9.47 Å². The topological polar surface area (TPSA) is 57.7 Å². The van der Waals surface area contributed by atoms with Crippen molar-refractivity contribution in [3.8, 4) is 17.0 Å². The number of nitrogens with zero attached hydrogens (tertiary/aromatic N) is 1. The van der Waals surface area contributed by atoms with Crippen molar-refractivity contribution in [1.82, 2.24) is 4.98 Å². The van der Waals surface area contributed by atoms with E-state index in [4.69, 9.17) is 9.47 Å². The van der Waals surface area contributed by atoms with Gasteiger partial charge < -0.3 is 14.2 Å². The van der Waals surface area contributed by atoms with Crippen molar-refractivity contribution in [2.24, 2.45) is 5.92 Å². The van der Waals surface area contributed by atoms with Gasteiger partial charge >= 0.3 is 5.97 Å². The number of hydrogen-bond acceptors (Lipinski definition) is 5. The van der Waals surface area contributed by atoms with E-state index in [2.05, 4.69) is 9.72 Å². The molecule has 3 rings (SSSR count). The monoisotopic (exact) mass is 381 g/mol. The predicted octanol–water partition coefficient (Wildman–Crippen LogP) is 3.76. The van der Waals surface area contributed by atoms with Crippen LogP contribution >= 0.6 is 0 Å². The van der Waals surface area contributed by atoms with Crippen LogP contribution in [0.4, 0.5) is 13.2 Å². The van der Waals surface area contributed by atoms with E-state index >= 15 is 0 Å². The number of pyridine rings is 1. The first-order valence-electron chi connectivity index (χ1n) is 8.44. The van der Waals surface area contributed by atoms with E-state index in [-0.39, 0.29) is 17.4 Å². The minimum absolute atomic E-state index is 0.00442. The van der Waals surface area contributed by atoms with E-state index in [1.54, 1.807) is 0 Å². The van der Waals surface area contributed by atoms with Gasteiger partial charge in [0.05, 0.1) is 19.3 Å². The zero-order valence-electron chi connectivity index (χ0n) is 14.6. The molecule has 1 aromatic carbocycles. The largest absolute Gasteiger partial charge is 0.493 e. The van der Waals surface area contributed by atoms with Crippen molar-refractivity contribution >= 4 is 5.97 Å².